The molecule has 0 aromatic heterocycles. The summed E-state index contributed by atoms with van der Waals surface area (Å²) in [4.78, 5) is 24.8. The van der Waals surface area contributed by atoms with Gasteiger partial charge in [0.05, 0.1) is 0 Å². The zero-order valence-electron chi connectivity index (χ0n) is 11.6. The number of piperidine rings is 1. The fourth-order valence-electron chi connectivity index (χ4n) is 3.36. The van der Waals surface area contributed by atoms with Crippen molar-refractivity contribution in [2.24, 2.45) is 11.8 Å². The van der Waals surface area contributed by atoms with Gasteiger partial charge in [0.15, 0.2) is 0 Å². The van der Waals surface area contributed by atoms with E-state index in [2.05, 4.69) is 5.32 Å². The van der Waals surface area contributed by atoms with Gasteiger partial charge >= 0.3 is 12.0 Å². The van der Waals surface area contributed by atoms with Crippen LogP contribution < -0.4 is 5.32 Å². The lowest BCUT2D eigenvalue weighted by atomic mass is 9.75. The van der Waals surface area contributed by atoms with Gasteiger partial charge in [0, 0.05) is 13.1 Å². The molecule has 5 nitrogen and oxygen atoms in total. The van der Waals surface area contributed by atoms with Crippen molar-refractivity contribution in [3.8, 4) is 0 Å². The molecular formula is C14H24N2O3. The minimum atomic E-state index is -0.955. The van der Waals surface area contributed by atoms with Gasteiger partial charge in [-0.3, -0.25) is 0 Å². The zero-order valence-corrected chi connectivity index (χ0v) is 11.6. The van der Waals surface area contributed by atoms with E-state index in [9.17, 15) is 9.59 Å². The molecule has 108 valence electrons. The Bertz CT molecular complexity index is 346. The number of carboxylic acids is 1. The van der Waals surface area contributed by atoms with Crippen LogP contribution in [-0.4, -0.2) is 41.1 Å². The van der Waals surface area contributed by atoms with Crippen LogP contribution in [0.3, 0.4) is 0 Å². The Kier molecular flexibility index (Phi) is 4.66. The Morgan fingerprint density at radius 1 is 1.26 bits per heavy atom. The number of nitrogens with one attached hydrogen (secondary N) is 1. The molecule has 2 unspecified atom stereocenters. The largest absolute Gasteiger partial charge is 0.480 e. The van der Waals surface area contributed by atoms with E-state index in [1.807, 2.05) is 0 Å². The Morgan fingerprint density at radius 2 is 1.95 bits per heavy atom. The van der Waals surface area contributed by atoms with Gasteiger partial charge in [-0.05, 0) is 31.1 Å². The fourth-order valence-corrected chi connectivity index (χ4v) is 3.36. The standard InChI is InChI=1S/C14H24N2O3/c1-2-12(13(17)18)15-14(19)16-8-7-10-5-3-4-6-11(10)9-16/h10-12H,2-9H2,1H3,(H,15,19)(H,17,18)/t10?,11?,12-/m1/s1. The number of likely N-dealkylation sites (tertiary alicyclic amines) is 1. The predicted octanol–water partition coefficient (Wildman–Crippen LogP) is 2.07. The number of fused-ring (bicyclic) bond motifs is 1. The molecule has 19 heavy (non-hydrogen) atoms. The van der Waals surface area contributed by atoms with E-state index in [1.54, 1.807) is 11.8 Å². The summed E-state index contributed by atoms with van der Waals surface area (Å²) in [7, 11) is 0. The quantitative estimate of drug-likeness (QED) is 0.823. The summed E-state index contributed by atoms with van der Waals surface area (Å²) in [6.45, 7) is 3.34. The molecule has 3 atom stereocenters. The van der Waals surface area contributed by atoms with Gasteiger partial charge < -0.3 is 15.3 Å². The smallest absolute Gasteiger partial charge is 0.326 e. The van der Waals surface area contributed by atoms with Gasteiger partial charge in [-0.1, -0.05) is 26.2 Å². The summed E-state index contributed by atoms with van der Waals surface area (Å²) >= 11 is 0. The summed E-state index contributed by atoms with van der Waals surface area (Å²) < 4.78 is 0. The highest BCUT2D eigenvalue weighted by Gasteiger charge is 2.33. The van der Waals surface area contributed by atoms with E-state index in [-0.39, 0.29) is 6.03 Å². The summed E-state index contributed by atoms with van der Waals surface area (Å²) in [5, 5.41) is 11.6. The molecular weight excluding hydrogens is 244 g/mol. The summed E-state index contributed by atoms with van der Waals surface area (Å²) in [5.74, 6) is 0.445. The maximum absolute atomic E-state index is 12.1. The van der Waals surface area contributed by atoms with Crippen LogP contribution in [0.15, 0.2) is 0 Å². The first-order chi connectivity index (χ1) is 9.11. The molecule has 5 heteroatoms. The molecule has 1 aliphatic heterocycles. The monoisotopic (exact) mass is 268 g/mol. The normalized spacial score (nSPS) is 28.4. The number of hydrogen-bond donors (Lipinski definition) is 2. The molecule has 2 N–H and O–H groups in total. The molecule has 2 rings (SSSR count). The highest BCUT2D eigenvalue weighted by Crippen LogP contribution is 2.35. The van der Waals surface area contributed by atoms with Crippen LogP contribution in [0.4, 0.5) is 4.79 Å². The van der Waals surface area contributed by atoms with Crippen molar-refractivity contribution in [3.63, 3.8) is 0 Å². The number of carbonyl (C=O) groups excluding carboxylic acids is 1. The molecule has 0 aromatic carbocycles. The third kappa shape index (κ3) is 3.39. The number of carboxylic acid groups (broad SMARTS) is 1. The van der Waals surface area contributed by atoms with Crippen LogP contribution in [0.1, 0.15) is 45.4 Å². The minimum Gasteiger partial charge on any atom is -0.480 e. The van der Waals surface area contributed by atoms with Gasteiger partial charge in [-0.25, -0.2) is 9.59 Å². The van der Waals surface area contributed by atoms with E-state index in [0.717, 1.165) is 25.4 Å². The van der Waals surface area contributed by atoms with Crippen LogP contribution in [0, 0.1) is 11.8 Å². The summed E-state index contributed by atoms with van der Waals surface area (Å²) in [6.07, 6.45) is 6.59. The van der Waals surface area contributed by atoms with E-state index >= 15 is 0 Å². The second kappa shape index (κ2) is 6.26. The van der Waals surface area contributed by atoms with Crippen molar-refractivity contribution in [3.05, 3.63) is 0 Å². The average Bonchev–Trinajstić information content (AvgIpc) is 2.43. The molecule has 0 radical (unpaired) electrons. The highest BCUT2D eigenvalue weighted by molar-refractivity contribution is 5.82. The second-order valence-electron chi connectivity index (χ2n) is 5.79. The average molecular weight is 268 g/mol. The molecule has 1 aliphatic carbocycles. The van der Waals surface area contributed by atoms with Gasteiger partial charge in [0.2, 0.25) is 0 Å². The van der Waals surface area contributed by atoms with E-state index < -0.39 is 12.0 Å². The SMILES string of the molecule is CC[C@@H](NC(=O)N1CCC2CCCCC2C1)C(=O)O. The molecule has 1 saturated heterocycles. The first-order valence-electron chi connectivity index (χ1n) is 7.40. The first kappa shape index (κ1) is 14.2. The molecule has 2 fully saturated rings. The topological polar surface area (TPSA) is 69.6 Å². The fraction of sp³-hybridized carbons (Fsp3) is 0.857. The maximum atomic E-state index is 12.1. The van der Waals surface area contributed by atoms with Gasteiger partial charge in [0.25, 0.3) is 0 Å². The lowest BCUT2D eigenvalue weighted by Crippen LogP contribution is -2.52. The van der Waals surface area contributed by atoms with E-state index in [4.69, 9.17) is 5.11 Å². The van der Waals surface area contributed by atoms with E-state index in [1.165, 1.54) is 25.7 Å². The molecule has 1 saturated carbocycles. The Balaban J connectivity index is 1.88. The van der Waals surface area contributed by atoms with Crippen molar-refractivity contribution >= 4 is 12.0 Å². The van der Waals surface area contributed by atoms with Gasteiger partial charge in [-0.15, -0.1) is 0 Å². The number of urea groups is 1. The third-order valence-electron chi connectivity index (χ3n) is 4.58. The third-order valence-corrected chi connectivity index (χ3v) is 4.58. The van der Waals surface area contributed by atoms with Crippen LogP contribution in [0.5, 0.6) is 0 Å². The van der Waals surface area contributed by atoms with Crippen molar-refractivity contribution in [2.75, 3.05) is 13.1 Å². The number of rotatable bonds is 3. The van der Waals surface area contributed by atoms with Crippen molar-refractivity contribution in [1.82, 2.24) is 10.2 Å². The summed E-state index contributed by atoms with van der Waals surface area (Å²) in [6, 6.07) is -0.977. The molecule has 1 heterocycles. The molecule has 0 aromatic rings. The predicted molar refractivity (Wildman–Crippen MR) is 71.9 cm³/mol. The van der Waals surface area contributed by atoms with Crippen LogP contribution in [0.2, 0.25) is 0 Å². The van der Waals surface area contributed by atoms with Gasteiger partial charge in [0.1, 0.15) is 6.04 Å². The van der Waals surface area contributed by atoms with Crippen molar-refractivity contribution < 1.29 is 14.7 Å². The molecule has 2 aliphatic rings. The van der Waals surface area contributed by atoms with Crippen LogP contribution >= 0.6 is 0 Å². The number of carbonyl (C=O) groups is 2. The molecule has 0 bridgehead atoms. The van der Waals surface area contributed by atoms with E-state index in [0.29, 0.717) is 12.3 Å². The maximum Gasteiger partial charge on any atom is 0.326 e. The lowest BCUT2D eigenvalue weighted by Gasteiger charge is -2.41. The lowest BCUT2D eigenvalue weighted by molar-refractivity contribution is -0.139. The Labute approximate surface area is 114 Å². The Hall–Kier alpha value is -1.26. The number of aliphatic carboxylic acids is 1. The first-order valence-corrected chi connectivity index (χ1v) is 7.40. The van der Waals surface area contributed by atoms with Crippen LogP contribution in [-0.2, 0) is 4.79 Å². The number of nitrogens with zero attached hydrogens (tertiary/aromatic N) is 1. The minimum absolute atomic E-state index is 0.210. The molecule has 0 spiro atoms. The number of amides is 2. The van der Waals surface area contributed by atoms with Crippen molar-refractivity contribution in [2.45, 2.75) is 51.5 Å². The van der Waals surface area contributed by atoms with Crippen LogP contribution in [0.25, 0.3) is 0 Å². The highest BCUT2D eigenvalue weighted by atomic mass is 16.4. The summed E-state index contributed by atoms with van der Waals surface area (Å²) in [5.41, 5.74) is 0. The molecule has 2 amide bonds. The van der Waals surface area contributed by atoms with Gasteiger partial charge in [-0.2, -0.15) is 0 Å². The number of hydrogen-bond acceptors (Lipinski definition) is 2. The zero-order chi connectivity index (χ0) is 13.8. The second-order valence-corrected chi connectivity index (χ2v) is 5.79. The van der Waals surface area contributed by atoms with Crippen molar-refractivity contribution in [1.29, 1.82) is 0 Å². The Morgan fingerprint density at radius 3 is 2.58 bits per heavy atom.